The highest BCUT2D eigenvalue weighted by atomic mass is 16.5. The number of methoxy groups -OCH3 is 1. The molecule has 25 heavy (non-hydrogen) atoms. The van der Waals surface area contributed by atoms with Crippen molar-refractivity contribution in [2.24, 2.45) is 0 Å². The van der Waals surface area contributed by atoms with Gasteiger partial charge in [0.1, 0.15) is 11.3 Å². The van der Waals surface area contributed by atoms with E-state index in [1.54, 1.807) is 7.11 Å². The second-order valence-electron chi connectivity index (χ2n) is 7.36. The molecule has 2 fully saturated rings. The van der Waals surface area contributed by atoms with Crippen LogP contribution in [0.4, 0.5) is 0 Å². The third-order valence-electron chi connectivity index (χ3n) is 6.01. The van der Waals surface area contributed by atoms with Gasteiger partial charge in [-0.15, -0.1) is 0 Å². The molecule has 0 radical (unpaired) electrons. The second kappa shape index (κ2) is 6.34. The van der Waals surface area contributed by atoms with Gasteiger partial charge in [0.25, 0.3) is 0 Å². The van der Waals surface area contributed by atoms with Crippen LogP contribution in [-0.4, -0.2) is 48.5 Å². The van der Waals surface area contributed by atoms with E-state index in [-0.39, 0.29) is 5.54 Å². The summed E-state index contributed by atoms with van der Waals surface area (Å²) in [5.41, 5.74) is 0.993. The minimum atomic E-state index is -0.284. The van der Waals surface area contributed by atoms with Crippen molar-refractivity contribution >= 4 is 16.7 Å². The normalized spacial score (nSPS) is 24.4. The van der Waals surface area contributed by atoms with Gasteiger partial charge in [-0.2, -0.15) is 0 Å². The summed E-state index contributed by atoms with van der Waals surface area (Å²) < 4.78 is 5.52. The molecule has 1 amide bonds. The quantitative estimate of drug-likeness (QED) is 0.859. The zero-order chi connectivity index (χ0) is 17.4. The first-order valence-corrected chi connectivity index (χ1v) is 9.21. The molecule has 2 aromatic rings. The fourth-order valence-electron chi connectivity index (χ4n) is 4.72. The third-order valence-corrected chi connectivity index (χ3v) is 6.01. The highest BCUT2D eigenvalue weighted by Crippen LogP contribution is 2.40. The molecule has 2 aliphatic heterocycles. The van der Waals surface area contributed by atoms with Crippen molar-refractivity contribution in [3.8, 4) is 5.75 Å². The molecule has 4 heteroatoms. The molecule has 1 atom stereocenters. The molecule has 0 N–H and O–H groups in total. The van der Waals surface area contributed by atoms with E-state index in [1.807, 2.05) is 18.0 Å². The van der Waals surface area contributed by atoms with Crippen LogP contribution in [0.15, 0.2) is 36.4 Å². The molecule has 1 spiro atoms. The zero-order valence-electron chi connectivity index (χ0n) is 15.1. The summed E-state index contributed by atoms with van der Waals surface area (Å²) in [6.45, 7) is 2.71. The van der Waals surface area contributed by atoms with Crippen LogP contribution in [0, 0.1) is 0 Å². The maximum absolute atomic E-state index is 13.0. The van der Waals surface area contributed by atoms with E-state index >= 15 is 0 Å². The molecular formula is C21H26N2O2. The summed E-state index contributed by atoms with van der Waals surface area (Å²) in [5, 5.41) is 2.36. The maximum Gasteiger partial charge on any atom is 0.242 e. The van der Waals surface area contributed by atoms with E-state index in [2.05, 4.69) is 35.2 Å². The Hall–Kier alpha value is -2.07. The molecule has 2 aliphatic rings. The average molecular weight is 338 g/mol. The van der Waals surface area contributed by atoms with Gasteiger partial charge >= 0.3 is 0 Å². The molecule has 0 saturated carbocycles. The Kier molecular flexibility index (Phi) is 4.16. The number of fused-ring (bicyclic) bond motifs is 1. The average Bonchev–Trinajstić information content (AvgIpc) is 3.03. The van der Waals surface area contributed by atoms with Gasteiger partial charge in [-0.05, 0) is 49.2 Å². The maximum atomic E-state index is 13.0. The van der Waals surface area contributed by atoms with Crippen LogP contribution in [-0.2, 0) is 11.3 Å². The van der Waals surface area contributed by atoms with E-state index in [4.69, 9.17) is 4.74 Å². The lowest BCUT2D eigenvalue weighted by atomic mass is 9.85. The Morgan fingerprint density at radius 1 is 1.04 bits per heavy atom. The highest BCUT2D eigenvalue weighted by Gasteiger charge is 2.49. The molecule has 4 rings (SSSR count). The smallest absolute Gasteiger partial charge is 0.242 e. The van der Waals surface area contributed by atoms with Gasteiger partial charge in [0, 0.05) is 25.5 Å². The Balaban J connectivity index is 1.70. The predicted octanol–water partition coefficient (Wildman–Crippen LogP) is 3.44. The molecule has 4 nitrogen and oxygen atoms in total. The van der Waals surface area contributed by atoms with Crippen LogP contribution >= 0.6 is 0 Å². The molecule has 0 aliphatic carbocycles. The summed E-state index contributed by atoms with van der Waals surface area (Å²) in [6, 6.07) is 12.6. The minimum Gasteiger partial charge on any atom is -0.496 e. The number of piperidine rings is 1. The molecule has 2 saturated heterocycles. The molecule has 2 aromatic carbocycles. The number of amides is 1. The van der Waals surface area contributed by atoms with Crippen LogP contribution in [0.3, 0.4) is 0 Å². The zero-order valence-corrected chi connectivity index (χ0v) is 15.1. The number of hydrogen-bond acceptors (Lipinski definition) is 3. The molecule has 0 aromatic heterocycles. The topological polar surface area (TPSA) is 32.8 Å². The van der Waals surface area contributed by atoms with Crippen molar-refractivity contribution in [3.63, 3.8) is 0 Å². The summed E-state index contributed by atoms with van der Waals surface area (Å²) in [5.74, 6) is 1.22. The van der Waals surface area contributed by atoms with Gasteiger partial charge in [0.05, 0.1) is 7.11 Å². The van der Waals surface area contributed by atoms with Gasteiger partial charge < -0.3 is 9.64 Å². The predicted molar refractivity (Wildman–Crippen MR) is 99.7 cm³/mol. The summed E-state index contributed by atoms with van der Waals surface area (Å²) in [6.07, 6.45) is 4.18. The van der Waals surface area contributed by atoms with E-state index in [1.165, 1.54) is 10.9 Å². The molecular weight excluding hydrogens is 312 g/mol. The first-order chi connectivity index (χ1) is 12.2. The first-order valence-electron chi connectivity index (χ1n) is 9.21. The number of ether oxygens (including phenoxy) is 1. The van der Waals surface area contributed by atoms with E-state index in [9.17, 15) is 4.79 Å². The lowest BCUT2D eigenvalue weighted by molar-refractivity contribution is -0.146. The fraction of sp³-hybridized carbons (Fsp3) is 0.476. The number of carbonyl (C=O) groups is 1. The number of carbonyl (C=O) groups excluding carboxylic acids is 1. The van der Waals surface area contributed by atoms with Crippen molar-refractivity contribution in [1.82, 2.24) is 9.80 Å². The number of nitrogens with zero attached hydrogens (tertiary/aromatic N) is 2. The highest BCUT2D eigenvalue weighted by molar-refractivity contribution is 5.91. The van der Waals surface area contributed by atoms with Crippen LogP contribution < -0.4 is 4.74 Å². The Labute approximate surface area is 149 Å². The molecule has 2 heterocycles. The minimum absolute atomic E-state index is 0.284. The standard InChI is InChI=1S/C21H26N2O2/c1-22-13-5-11-21(20(22)24)12-6-14-23(21)15-16-9-10-19(25-2)18-8-4-3-7-17(16)18/h3-4,7-10H,5-6,11-15H2,1-2H3. The van der Waals surface area contributed by atoms with Gasteiger partial charge in [0.15, 0.2) is 0 Å². The van der Waals surface area contributed by atoms with E-state index < -0.39 is 0 Å². The van der Waals surface area contributed by atoms with Gasteiger partial charge in [-0.25, -0.2) is 0 Å². The largest absolute Gasteiger partial charge is 0.496 e. The van der Waals surface area contributed by atoms with Crippen LogP contribution in [0.5, 0.6) is 5.75 Å². The number of benzene rings is 2. The van der Waals surface area contributed by atoms with Crippen LogP contribution in [0.25, 0.3) is 10.8 Å². The Morgan fingerprint density at radius 2 is 1.76 bits per heavy atom. The van der Waals surface area contributed by atoms with E-state index in [0.29, 0.717) is 5.91 Å². The number of rotatable bonds is 3. The summed E-state index contributed by atoms with van der Waals surface area (Å²) >= 11 is 0. The Bertz CT molecular complexity index is 804. The monoisotopic (exact) mass is 338 g/mol. The number of hydrogen-bond donors (Lipinski definition) is 0. The number of likely N-dealkylation sites (tertiary alicyclic amines) is 2. The lowest BCUT2D eigenvalue weighted by Gasteiger charge is -2.43. The van der Waals surface area contributed by atoms with Gasteiger partial charge in [-0.1, -0.05) is 30.3 Å². The lowest BCUT2D eigenvalue weighted by Crippen LogP contribution is -2.58. The van der Waals surface area contributed by atoms with Crippen molar-refractivity contribution in [3.05, 3.63) is 42.0 Å². The summed E-state index contributed by atoms with van der Waals surface area (Å²) in [4.78, 5) is 17.3. The van der Waals surface area contributed by atoms with Crippen LogP contribution in [0.2, 0.25) is 0 Å². The second-order valence-corrected chi connectivity index (χ2v) is 7.36. The molecule has 132 valence electrons. The van der Waals surface area contributed by atoms with Crippen molar-refractivity contribution in [1.29, 1.82) is 0 Å². The molecule has 0 bridgehead atoms. The SMILES string of the molecule is COc1ccc(CN2CCCC23CCCN(C)C3=O)c2ccccc12. The fourth-order valence-corrected chi connectivity index (χ4v) is 4.72. The third kappa shape index (κ3) is 2.60. The van der Waals surface area contributed by atoms with Crippen molar-refractivity contribution in [2.45, 2.75) is 37.8 Å². The van der Waals surface area contributed by atoms with Crippen molar-refractivity contribution < 1.29 is 9.53 Å². The first kappa shape index (κ1) is 16.4. The van der Waals surface area contributed by atoms with Gasteiger partial charge in [-0.3, -0.25) is 9.69 Å². The number of likely N-dealkylation sites (N-methyl/N-ethyl adjacent to an activating group) is 1. The molecule has 1 unspecified atom stereocenters. The van der Waals surface area contributed by atoms with Crippen LogP contribution in [0.1, 0.15) is 31.2 Å². The van der Waals surface area contributed by atoms with Gasteiger partial charge in [0.2, 0.25) is 5.91 Å². The van der Waals surface area contributed by atoms with Crippen molar-refractivity contribution in [2.75, 3.05) is 27.2 Å². The Morgan fingerprint density at radius 3 is 2.52 bits per heavy atom. The van der Waals surface area contributed by atoms with E-state index in [0.717, 1.165) is 56.5 Å². The summed E-state index contributed by atoms with van der Waals surface area (Å²) in [7, 11) is 3.66.